The molecule has 0 unspecified atom stereocenters. The van der Waals surface area contributed by atoms with E-state index in [9.17, 15) is 4.39 Å². The summed E-state index contributed by atoms with van der Waals surface area (Å²) in [5, 5.41) is 7.54. The number of hydrogen-bond acceptors (Lipinski definition) is 6. The molecule has 0 aliphatic carbocycles. The Morgan fingerprint density at radius 2 is 1.59 bits per heavy atom. The van der Waals surface area contributed by atoms with Crippen LogP contribution in [0.5, 0.6) is 5.75 Å². The molecule has 9 heteroatoms. The number of rotatable bonds is 6. The van der Waals surface area contributed by atoms with E-state index >= 15 is 0 Å². The van der Waals surface area contributed by atoms with E-state index in [1.54, 1.807) is 36.9 Å². The molecule has 0 radical (unpaired) electrons. The number of aromatic amines is 2. The number of nitrogens with zero attached hydrogens (tertiary/aromatic N) is 5. The van der Waals surface area contributed by atoms with Crippen LogP contribution in [0.2, 0.25) is 0 Å². The van der Waals surface area contributed by atoms with Gasteiger partial charge in [0, 0.05) is 23.5 Å². The number of nitrogens with one attached hydrogen (secondary N) is 2. The lowest BCUT2D eigenvalue weighted by atomic mass is 10.1. The van der Waals surface area contributed by atoms with Crippen LogP contribution in [0.1, 0.15) is 5.56 Å². The van der Waals surface area contributed by atoms with Gasteiger partial charge >= 0.3 is 0 Å². The van der Waals surface area contributed by atoms with Crippen LogP contribution in [-0.4, -0.2) is 35.1 Å². The van der Waals surface area contributed by atoms with Crippen molar-refractivity contribution in [2.45, 2.75) is 6.61 Å². The van der Waals surface area contributed by atoms with E-state index in [1.807, 2.05) is 48.5 Å². The van der Waals surface area contributed by atoms with Crippen molar-refractivity contribution < 1.29 is 9.13 Å². The van der Waals surface area contributed by atoms with Crippen molar-refractivity contribution in [3.05, 3.63) is 109 Å². The van der Waals surface area contributed by atoms with Gasteiger partial charge < -0.3 is 9.72 Å². The molecule has 5 heterocycles. The van der Waals surface area contributed by atoms with Crippen LogP contribution in [0, 0.1) is 5.82 Å². The molecule has 0 atom stereocenters. The predicted octanol–water partition coefficient (Wildman–Crippen LogP) is 6.34. The van der Waals surface area contributed by atoms with E-state index in [4.69, 9.17) is 14.7 Å². The van der Waals surface area contributed by atoms with Gasteiger partial charge in [-0.3, -0.25) is 15.1 Å². The van der Waals surface area contributed by atoms with Crippen molar-refractivity contribution in [3.63, 3.8) is 0 Å². The van der Waals surface area contributed by atoms with Gasteiger partial charge in [0.25, 0.3) is 0 Å². The van der Waals surface area contributed by atoms with E-state index < -0.39 is 0 Å². The van der Waals surface area contributed by atoms with Gasteiger partial charge in [0.2, 0.25) is 0 Å². The third-order valence-corrected chi connectivity index (χ3v) is 6.44. The van der Waals surface area contributed by atoms with Crippen molar-refractivity contribution in [2.24, 2.45) is 0 Å². The zero-order chi connectivity index (χ0) is 26.2. The average Bonchev–Trinajstić information content (AvgIpc) is 3.61. The molecule has 0 bridgehead atoms. The minimum atomic E-state index is -0.296. The van der Waals surface area contributed by atoms with Crippen LogP contribution in [0.3, 0.4) is 0 Å². The maximum Gasteiger partial charge on any atom is 0.161 e. The van der Waals surface area contributed by atoms with Crippen molar-refractivity contribution in [1.82, 2.24) is 35.1 Å². The quantitative estimate of drug-likeness (QED) is 0.269. The number of H-pyrrole nitrogens is 2. The van der Waals surface area contributed by atoms with E-state index in [2.05, 4.69) is 25.1 Å². The van der Waals surface area contributed by atoms with E-state index in [-0.39, 0.29) is 5.82 Å². The second-order valence-corrected chi connectivity index (χ2v) is 9.02. The molecule has 7 aromatic rings. The summed E-state index contributed by atoms with van der Waals surface area (Å²) in [5.41, 5.74) is 7.72. The Balaban J connectivity index is 1.24. The Labute approximate surface area is 221 Å². The molecule has 0 aliphatic rings. The molecule has 7 rings (SSSR count). The number of imidazole rings is 1. The average molecular weight is 514 g/mol. The number of hydrogen-bond donors (Lipinski definition) is 2. The fourth-order valence-electron chi connectivity index (χ4n) is 4.49. The molecule has 0 fully saturated rings. The second kappa shape index (κ2) is 9.46. The molecular weight excluding hydrogens is 493 g/mol. The molecule has 8 nitrogen and oxygen atoms in total. The Bertz CT molecular complexity index is 1930. The van der Waals surface area contributed by atoms with Gasteiger partial charge in [0.15, 0.2) is 11.5 Å². The van der Waals surface area contributed by atoms with Crippen molar-refractivity contribution in [1.29, 1.82) is 0 Å². The van der Waals surface area contributed by atoms with Gasteiger partial charge in [-0.15, -0.1) is 0 Å². The van der Waals surface area contributed by atoms with Crippen LogP contribution in [-0.2, 0) is 6.61 Å². The van der Waals surface area contributed by atoms with Gasteiger partial charge in [0.1, 0.15) is 23.7 Å². The maximum atomic E-state index is 13.5. The summed E-state index contributed by atoms with van der Waals surface area (Å²) in [6.45, 7) is 0.450. The highest BCUT2D eigenvalue weighted by Gasteiger charge is 2.17. The smallest absolute Gasteiger partial charge is 0.161 e. The van der Waals surface area contributed by atoms with Crippen LogP contribution in [0.15, 0.2) is 97.6 Å². The first kappa shape index (κ1) is 22.7. The fraction of sp³-hybridized carbons (Fsp3) is 0.0333. The first-order valence-corrected chi connectivity index (χ1v) is 12.3. The van der Waals surface area contributed by atoms with Crippen molar-refractivity contribution in [2.75, 3.05) is 0 Å². The number of aromatic nitrogens is 7. The van der Waals surface area contributed by atoms with Crippen LogP contribution in [0.4, 0.5) is 4.39 Å². The highest BCUT2D eigenvalue weighted by Crippen LogP contribution is 2.31. The van der Waals surface area contributed by atoms with E-state index in [1.165, 1.54) is 12.1 Å². The summed E-state index contributed by atoms with van der Waals surface area (Å²) < 4.78 is 19.4. The summed E-state index contributed by atoms with van der Waals surface area (Å²) in [6, 6.07) is 22.0. The molecule has 0 aliphatic heterocycles. The standard InChI is InChI=1S/C30H20FN7O/c31-21-8-6-19(7-9-21)23-15-33-16-26-27(23)36-30(35-26)29-28-25(37-38-29)11-10-24(34-28)20-12-22(14-32-13-20)39-17-18-4-2-1-3-5-18/h1-16H,17H2,(H,35,36)(H,37,38). The first-order chi connectivity index (χ1) is 19.2. The Morgan fingerprint density at radius 3 is 2.46 bits per heavy atom. The van der Waals surface area contributed by atoms with E-state index in [0.717, 1.165) is 39.0 Å². The predicted molar refractivity (Wildman–Crippen MR) is 146 cm³/mol. The lowest BCUT2D eigenvalue weighted by Crippen LogP contribution is -1.96. The maximum absolute atomic E-state index is 13.5. The summed E-state index contributed by atoms with van der Waals surface area (Å²) in [6.07, 6.45) is 6.87. The van der Waals surface area contributed by atoms with Gasteiger partial charge in [-0.2, -0.15) is 5.10 Å². The molecule has 39 heavy (non-hydrogen) atoms. The van der Waals surface area contributed by atoms with Gasteiger partial charge in [-0.05, 0) is 41.5 Å². The molecule has 2 aromatic carbocycles. The van der Waals surface area contributed by atoms with E-state index in [0.29, 0.717) is 34.9 Å². The summed E-state index contributed by atoms with van der Waals surface area (Å²) in [5.74, 6) is 0.911. The van der Waals surface area contributed by atoms with Crippen LogP contribution >= 0.6 is 0 Å². The highest BCUT2D eigenvalue weighted by molar-refractivity contribution is 5.95. The second-order valence-electron chi connectivity index (χ2n) is 9.02. The largest absolute Gasteiger partial charge is 0.487 e. The molecule has 0 spiro atoms. The number of ether oxygens (including phenoxy) is 1. The number of benzene rings is 2. The zero-order valence-electron chi connectivity index (χ0n) is 20.5. The molecule has 5 aromatic heterocycles. The third-order valence-electron chi connectivity index (χ3n) is 6.44. The normalized spacial score (nSPS) is 11.3. The SMILES string of the molecule is Fc1ccc(-c2cncc3[nH]c(-c4n[nH]c5ccc(-c6cncc(OCc7ccccc7)c6)nc45)nc23)cc1. The van der Waals surface area contributed by atoms with Crippen molar-refractivity contribution >= 4 is 22.1 Å². The van der Waals surface area contributed by atoms with Crippen LogP contribution < -0.4 is 4.74 Å². The zero-order valence-corrected chi connectivity index (χ0v) is 20.5. The lowest BCUT2D eigenvalue weighted by molar-refractivity contribution is 0.305. The minimum absolute atomic E-state index is 0.296. The topological polar surface area (TPSA) is 105 Å². The summed E-state index contributed by atoms with van der Waals surface area (Å²) >= 11 is 0. The number of halogens is 1. The molecule has 0 saturated heterocycles. The molecule has 0 saturated carbocycles. The lowest BCUT2D eigenvalue weighted by Gasteiger charge is -2.08. The Kier molecular flexibility index (Phi) is 5.51. The highest BCUT2D eigenvalue weighted by atomic mass is 19.1. The Morgan fingerprint density at radius 1 is 0.744 bits per heavy atom. The monoisotopic (exact) mass is 513 g/mol. The number of pyridine rings is 3. The summed E-state index contributed by atoms with van der Waals surface area (Å²) in [4.78, 5) is 21.7. The van der Waals surface area contributed by atoms with Gasteiger partial charge in [-0.1, -0.05) is 42.5 Å². The molecule has 188 valence electrons. The van der Waals surface area contributed by atoms with Crippen LogP contribution in [0.25, 0.3) is 56.0 Å². The fourth-order valence-corrected chi connectivity index (χ4v) is 4.49. The van der Waals surface area contributed by atoms with Gasteiger partial charge in [0.05, 0.1) is 34.6 Å². The molecule has 2 N–H and O–H groups in total. The summed E-state index contributed by atoms with van der Waals surface area (Å²) in [7, 11) is 0. The molecular formula is C30H20FN7O. The Hall–Kier alpha value is -5.44. The molecule has 0 amide bonds. The first-order valence-electron chi connectivity index (χ1n) is 12.3. The minimum Gasteiger partial charge on any atom is -0.487 e. The van der Waals surface area contributed by atoms with Crippen molar-refractivity contribution in [3.8, 4) is 39.7 Å². The third kappa shape index (κ3) is 4.36. The number of fused-ring (bicyclic) bond motifs is 2. The van der Waals surface area contributed by atoms with Gasteiger partial charge in [-0.25, -0.2) is 14.4 Å².